The van der Waals surface area contributed by atoms with E-state index in [1.165, 1.54) is 96.3 Å². The summed E-state index contributed by atoms with van der Waals surface area (Å²) in [5.41, 5.74) is 0. The standard InChI is InChI=1S/C46H86NO8P/c1-6-8-10-12-14-16-18-20-22-23-24-25-27-28-30-32-34-36-38-45(48)52-42-44(43-54-56(50,51)53-41-40-47(3,4)5)55-46(49)39-37-35-33-31-29-26-21-19-17-15-13-11-9-7-2/h13,15,19,21-23,44H,6-12,14,16-18,20,24-43H2,1-5H3/p+1/b15-13-,21-19-,23-22-. The van der Waals surface area contributed by atoms with Crippen molar-refractivity contribution >= 4 is 19.8 Å². The number of unbranched alkanes of at least 4 members (excludes halogenated alkanes) is 21. The smallest absolute Gasteiger partial charge is 0.462 e. The first kappa shape index (κ1) is 54.2. The highest BCUT2D eigenvalue weighted by Crippen LogP contribution is 2.43. The maximum Gasteiger partial charge on any atom is 0.472 e. The monoisotopic (exact) mass is 813 g/mol. The second-order valence-electron chi connectivity index (χ2n) is 16.4. The lowest BCUT2D eigenvalue weighted by Crippen LogP contribution is -2.37. The molecule has 2 atom stereocenters. The third kappa shape index (κ3) is 41.9. The summed E-state index contributed by atoms with van der Waals surface area (Å²) in [6.07, 6.45) is 43.3. The molecular weight excluding hydrogens is 725 g/mol. The topological polar surface area (TPSA) is 108 Å². The fraction of sp³-hybridized carbons (Fsp3) is 0.826. The summed E-state index contributed by atoms with van der Waals surface area (Å²) in [5.74, 6) is -0.818. The average molecular weight is 813 g/mol. The molecular formula is C46H87NO8P+. The van der Waals surface area contributed by atoms with Crippen LogP contribution in [0.2, 0.25) is 0 Å². The number of likely N-dealkylation sites (N-methyl/N-ethyl adjacent to an activating group) is 1. The Kier molecular flexibility index (Phi) is 37.5. The molecule has 2 unspecified atom stereocenters. The molecule has 0 radical (unpaired) electrons. The Morgan fingerprint density at radius 1 is 0.554 bits per heavy atom. The quantitative estimate of drug-likeness (QED) is 0.0214. The second-order valence-corrected chi connectivity index (χ2v) is 17.9. The normalized spacial score (nSPS) is 13.9. The second kappa shape index (κ2) is 38.7. The van der Waals surface area contributed by atoms with Gasteiger partial charge in [0.05, 0.1) is 27.7 Å². The van der Waals surface area contributed by atoms with E-state index in [-0.39, 0.29) is 32.0 Å². The molecule has 0 aliphatic heterocycles. The molecule has 0 spiro atoms. The molecule has 56 heavy (non-hydrogen) atoms. The first-order valence-corrected chi connectivity index (χ1v) is 24.2. The van der Waals surface area contributed by atoms with Crippen LogP contribution in [0.1, 0.15) is 194 Å². The van der Waals surface area contributed by atoms with Crippen molar-refractivity contribution in [2.24, 2.45) is 0 Å². The molecule has 0 saturated heterocycles. The molecule has 0 aliphatic rings. The van der Waals surface area contributed by atoms with Gasteiger partial charge in [0.1, 0.15) is 19.8 Å². The Morgan fingerprint density at radius 2 is 0.982 bits per heavy atom. The van der Waals surface area contributed by atoms with Crippen molar-refractivity contribution in [3.63, 3.8) is 0 Å². The molecule has 0 amide bonds. The highest BCUT2D eigenvalue weighted by molar-refractivity contribution is 7.47. The first-order chi connectivity index (χ1) is 27.0. The van der Waals surface area contributed by atoms with Crippen LogP contribution in [0.4, 0.5) is 0 Å². The maximum atomic E-state index is 12.7. The summed E-state index contributed by atoms with van der Waals surface area (Å²) in [6, 6.07) is 0. The van der Waals surface area contributed by atoms with Crippen LogP contribution in [-0.4, -0.2) is 74.9 Å². The Bertz CT molecular complexity index is 1050. The van der Waals surface area contributed by atoms with Crippen LogP contribution in [0.5, 0.6) is 0 Å². The van der Waals surface area contributed by atoms with Crippen LogP contribution in [0, 0.1) is 0 Å². The van der Waals surface area contributed by atoms with Gasteiger partial charge < -0.3 is 18.9 Å². The third-order valence-electron chi connectivity index (χ3n) is 9.64. The molecule has 0 saturated carbocycles. The van der Waals surface area contributed by atoms with E-state index in [1.54, 1.807) is 0 Å². The number of phosphoric ester groups is 1. The number of nitrogens with zero attached hydrogens (tertiary/aromatic N) is 1. The molecule has 0 bridgehead atoms. The zero-order valence-corrected chi connectivity index (χ0v) is 37.8. The number of allylic oxidation sites excluding steroid dienone is 6. The van der Waals surface area contributed by atoms with Gasteiger partial charge in [-0.25, -0.2) is 4.57 Å². The van der Waals surface area contributed by atoms with Gasteiger partial charge in [0.25, 0.3) is 0 Å². The SMILES string of the molecule is CCCC/C=C\C/C=C\CCCCCCCC(=O)OC(COC(=O)CCCCCCCCC/C=C\CCCCCCCCC)COP(=O)(O)OCC[N+](C)(C)C. The van der Waals surface area contributed by atoms with E-state index in [9.17, 15) is 19.0 Å². The number of rotatable bonds is 41. The highest BCUT2D eigenvalue weighted by Gasteiger charge is 2.27. The fourth-order valence-electron chi connectivity index (χ4n) is 6.02. The van der Waals surface area contributed by atoms with Gasteiger partial charge in [-0.1, -0.05) is 153 Å². The van der Waals surface area contributed by atoms with Crippen LogP contribution < -0.4 is 0 Å². The lowest BCUT2D eigenvalue weighted by atomic mass is 10.1. The predicted molar refractivity (Wildman–Crippen MR) is 234 cm³/mol. The summed E-state index contributed by atoms with van der Waals surface area (Å²) in [6.45, 7) is 4.36. The summed E-state index contributed by atoms with van der Waals surface area (Å²) in [7, 11) is 1.46. The van der Waals surface area contributed by atoms with E-state index in [4.69, 9.17) is 18.5 Å². The van der Waals surface area contributed by atoms with Crippen LogP contribution in [0.15, 0.2) is 36.5 Å². The third-order valence-corrected chi connectivity index (χ3v) is 10.6. The molecule has 9 nitrogen and oxygen atoms in total. The van der Waals surface area contributed by atoms with E-state index >= 15 is 0 Å². The van der Waals surface area contributed by atoms with Crippen molar-refractivity contribution in [1.82, 2.24) is 0 Å². The van der Waals surface area contributed by atoms with E-state index in [0.717, 1.165) is 64.2 Å². The highest BCUT2D eigenvalue weighted by atomic mass is 31.2. The summed E-state index contributed by atoms with van der Waals surface area (Å²) in [5, 5.41) is 0. The van der Waals surface area contributed by atoms with Crippen LogP contribution in [-0.2, 0) is 32.7 Å². The Morgan fingerprint density at radius 3 is 1.48 bits per heavy atom. The molecule has 0 aliphatic carbocycles. The van der Waals surface area contributed by atoms with Gasteiger partial charge in [-0.15, -0.1) is 0 Å². The summed E-state index contributed by atoms with van der Waals surface area (Å²) >= 11 is 0. The average Bonchev–Trinajstić information content (AvgIpc) is 3.15. The Balaban J connectivity index is 4.34. The van der Waals surface area contributed by atoms with Gasteiger partial charge in [-0.05, 0) is 64.2 Å². The Hall–Kier alpha value is -1.77. The van der Waals surface area contributed by atoms with Gasteiger partial charge in [0.2, 0.25) is 0 Å². The van der Waals surface area contributed by atoms with Crippen molar-refractivity contribution in [2.75, 3.05) is 47.5 Å². The summed E-state index contributed by atoms with van der Waals surface area (Å²) in [4.78, 5) is 35.4. The minimum Gasteiger partial charge on any atom is -0.462 e. The van der Waals surface area contributed by atoms with Gasteiger partial charge in [0.15, 0.2) is 6.10 Å². The largest absolute Gasteiger partial charge is 0.472 e. The Labute approximate surface area is 344 Å². The zero-order chi connectivity index (χ0) is 41.4. The van der Waals surface area contributed by atoms with Crippen molar-refractivity contribution in [3.8, 4) is 0 Å². The first-order valence-electron chi connectivity index (χ1n) is 22.7. The molecule has 0 aromatic rings. The minimum atomic E-state index is -4.38. The number of hydrogen-bond donors (Lipinski definition) is 1. The molecule has 0 aromatic carbocycles. The van der Waals surface area contributed by atoms with Crippen molar-refractivity contribution < 1.29 is 42.1 Å². The number of carbonyl (C=O) groups excluding carboxylic acids is 2. The number of ether oxygens (including phenoxy) is 2. The lowest BCUT2D eigenvalue weighted by Gasteiger charge is -2.24. The predicted octanol–water partition coefficient (Wildman–Crippen LogP) is 12.9. The lowest BCUT2D eigenvalue weighted by molar-refractivity contribution is -0.870. The van der Waals surface area contributed by atoms with Crippen molar-refractivity contribution in [2.45, 2.75) is 200 Å². The number of phosphoric acid groups is 1. The van der Waals surface area contributed by atoms with Crippen molar-refractivity contribution in [3.05, 3.63) is 36.5 Å². The van der Waals surface area contributed by atoms with Gasteiger partial charge in [-0.2, -0.15) is 0 Å². The number of hydrogen-bond acceptors (Lipinski definition) is 7. The molecule has 10 heteroatoms. The molecule has 0 rings (SSSR count). The number of carbonyl (C=O) groups is 2. The fourth-order valence-corrected chi connectivity index (χ4v) is 6.77. The number of esters is 2. The number of quaternary nitrogens is 1. The van der Waals surface area contributed by atoms with E-state index in [0.29, 0.717) is 17.4 Å². The van der Waals surface area contributed by atoms with Crippen LogP contribution in [0.25, 0.3) is 0 Å². The molecule has 0 fully saturated rings. The summed E-state index contributed by atoms with van der Waals surface area (Å²) < 4.78 is 34.3. The van der Waals surface area contributed by atoms with Gasteiger partial charge >= 0.3 is 19.8 Å². The maximum absolute atomic E-state index is 12.7. The van der Waals surface area contributed by atoms with E-state index in [2.05, 4.69) is 50.3 Å². The minimum absolute atomic E-state index is 0.0280. The van der Waals surface area contributed by atoms with E-state index in [1.807, 2.05) is 21.1 Å². The van der Waals surface area contributed by atoms with Crippen molar-refractivity contribution in [1.29, 1.82) is 0 Å². The molecule has 328 valence electrons. The van der Waals surface area contributed by atoms with Gasteiger partial charge in [-0.3, -0.25) is 18.6 Å². The molecule has 0 aromatic heterocycles. The van der Waals surface area contributed by atoms with E-state index < -0.39 is 26.5 Å². The van der Waals surface area contributed by atoms with Crippen LogP contribution >= 0.6 is 7.82 Å². The molecule has 0 heterocycles. The zero-order valence-electron chi connectivity index (χ0n) is 36.9. The molecule has 1 N–H and O–H groups in total. The van der Waals surface area contributed by atoms with Gasteiger partial charge in [0, 0.05) is 12.8 Å². The van der Waals surface area contributed by atoms with Crippen LogP contribution in [0.3, 0.4) is 0 Å².